The summed E-state index contributed by atoms with van der Waals surface area (Å²) in [6, 6.07) is 9.97. The number of H-pyrrole nitrogens is 1. The van der Waals surface area contributed by atoms with Crippen molar-refractivity contribution >= 4 is 17.5 Å². The van der Waals surface area contributed by atoms with E-state index in [4.69, 9.17) is 0 Å². The second kappa shape index (κ2) is 8.44. The van der Waals surface area contributed by atoms with E-state index in [1.807, 2.05) is 6.07 Å². The SMILES string of the molecule is Cc1ccc(NC(=O)C2CCCN(C(=O)c3cc(-c4cccnc4)n[nH]3)C2)cc1F. The lowest BCUT2D eigenvalue weighted by molar-refractivity contribution is -0.121. The van der Waals surface area contributed by atoms with Gasteiger partial charge in [0.15, 0.2) is 0 Å². The molecule has 1 aliphatic rings. The van der Waals surface area contributed by atoms with Gasteiger partial charge in [0.2, 0.25) is 5.91 Å². The van der Waals surface area contributed by atoms with Gasteiger partial charge in [0.1, 0.15) is 11.5 Å². The molecule has 30 heavy (non-hydrogen) atoms. The van der Waals surface area contributed by atoms with Crippen molar-refractivity contribution in [2.75, 3.05) is 18.4 Å². The van der Waals surface area contributed by atoms with Gasteiger partial charge in [0.05, 0.1) is 11.6 Å². The Hall–Kier alpha value is -3.55. The van der Waals surface area contributed by atoms with Crippen molar-refractivity contribution in [2.24, 2.45) is 5.92 Å². The smallest absolute Gasteiger partial charge is 0.271 e. The van der Waals surface area contributed by atoms with E-state index in [0.717, 1.165) is 12.0 Å². The molecule has 2 aromatic heterocycles. The van der Waals surface area contributed by atoms with Crippen LogP contribution in [-0.4, -0.2) is 45.0 Å². The highest BCUT2D eigenvalue weighted by atomic mass is 19.1. The summed E-state index contributed by atoms with van der Waals surface area (Å²) >= 11 is 0. The maximum atomic E-state index is 13.7. The van der Waals surface area contributed by atoms with E-state index in [1.54, 1.807) is 48.5 Å². The fourth-order valence-electron chi connectivity index (χ4n) is 3.55. The van der Waals surface area contributed by atoms with Crippen LogP contribution in [0.25, 0.3) is 11.3 Å². The second-order valence-electron chi connectivity index (χ2n) is 7.45. The first kappa shape index (κ1) is 19.8. The maximum absolute atomic E-state index is 13.7. The average molecular weight is 407 g/mol. The number of nitrogens with zero attached hydrogens (tertiary/aromatic N) is 3. The van der Waals surface area contributed by atoms with E-state index >= 15 is 0 Å². The highest BCUT2D eigenvalue weighted by molar-refractivity contribution is 5.95. The molecular weight excluding hydrogens is 385 g/mol. The van der Waals surface area contributed by atoms with Crippen molar-refractivity contribution in [1.82, 2.24) is 20.1 Å². The van der Waals surface area contributed by atoms with Gasteiger partial charge < -0.3 is 10.2 Å². The Morgan fingerprint density at radius 2 is 2.13 bits per heavy atom. The number of piperidine rings is 1. The molecule has 1 unspecified atom stereocenters. The van der Waals surface area contributed by atoms with Crippen LogP contribution in [-0.2, 0) is 4.79 Å². The van der Waals surface area contributed by atoms with Crippen LogP contribution in [0.2, 0.25) is 0 Å². The number of carbonyl (C=O) groups is 2. The predicted molar refractivity (Wildman–Crippen MR) is 110 cm³/mol. The lowest BCUT2D eigenvalue weighted by Gasteiger charge is -2.31. The zero-order valence-corrected chi connectivity index (χ0v) is 16.6. The monoisotopic (exact) mass is 407 g/mol. The van der Waals surface area contributed by atoms with Gasteiger partial charge >= 0.3 is 0 Å². The van der Waals surface area contributed by atoms with Gasteiger partial charge in [-0.25, -0.2) is 4.39 Å². The summed E-state index contributed by atoms with van der Waals surface area (Å²) in [4.78, 5) is 31.3. The van der Waals surface area contributed by atoms with Crippen molar-refractivity contribution in [3.05, 3.63) is 65.9 Å². The van der Waals surface area contributed by atoms with Crippen molar-refractivity contribution in [2.45, 2.75) is 19.8 Å². The van der Waals surface area contributed by atoms with Crippen molar-refractivity contribution in [3.8, 4) is 11.3 Å². The van der Waals surface area contributed by atoms with Crippen molar-refractivity contribution < 1.29 is 14.0 Å². The van der Waals surface area contributed by atoms with E-state index in [0.29, 0.717) is 42.1 Å². The molecule has 1 fully saturated rings. The van der Waals surface area contributed by atoms with E-state index in [9.17, 15) is 14.0 Å². The lowest BCUT2D eigenvalue weighted by atomic mass is 9.96. The molecule has 2 amide bonds. The van der Waals surface area contributed by atoms with Crippen LogP contribution in [0.3, 0.4) is 0 Å². The van der Waals surface area contributed by atoms with Gasteiger partial charge in [-0.3, -0.25) is 19.7 Å². The van der Waals surface area contributed by atoms with E-state index in [-0.39, 0.29) is 23.5 Å². The Balaban J connectivity index is 1.42. The zero-order valence-electron chi connectivity index (χ0n) is 16.6. The number of likely N-dealkylation sites (tertiary alicyclic amines) is 1. The van der Waals surface area contributed by atoms with Gasteiger partial charge in [0, 0.05) is 36.7 Å². The molecule has 0 spiro atoms. The minimum Gasteiger partial charge on any atom is -0.337 e. The maximum Gasteiger partial charge on any atom is 0.271 e. The molecule has 3 heterocycles. The molecule has 1 atom stereocenters. The molecule has 1 saturated heterocycles. The van der Waals surface area contributed by atoms with Crippen LogP contribution in [0.4, 0.5) is 10.1 Å². The minimum absolute atomic E-state index is 0.198. The van der Waals surface area contributed by atoms with Crippen LogP contribution in [0.5, 0.6) is 0 Å². The number of aromatic nitrogens is 3. The molecule has 1 aromatic carbocycles. The third-order valence-corrected chi connectivity index (χ3v) is 5.28. The van der Waals surface area contributed by atoms with E-state index in [1.165, 1.54) is 6.07 Å². The quantitative estimate of drug-likeness (QED) is 0.693. The first-order valence-corrected chi connectivity index (χ1v) is 9.83. The van der Waals surface area contributed by atoms with Gasteiger partial charge in [0.25, 0.3) is 5.91 Å². The fourth-order valence-corrected chi connectivity index (χ4v) is 3.55. The summed E-state index contributed by atoms with van der Waals surface area (Å²) in [5.41, 5.74) is 2.76. The Bertz CT molecular complexity index is 1070. The highest BCUT2D eigenvalue weighted by Crippen LogP contribution is 2.22. The number of halogens is 1. The van der Waals surface area contributed by atoms with Crippen LogP contribution in [0.1, 0.15) is 28.9 Å². The fraction of sp³-hybridized carbons (Fsp3) is 0.273. The summed E-state index contributed by atoms with van der Waals surface area (Å²) in [5, 5.41) is 9.75. The van der Waals surface area contributed by atoms with Crippen molar-refractivity contribution in [1.29, 1.82) is 0 Å². The number of hydrogen-bond acceptors (Lipinski definition) is 4. The number of benzene rings is 1. The highest BCUT2D eigenvalue weighted by Gasteiger charge is 2.30. The number of hydrogen-bond donors (Lipinski definition) is 2. The summed E-state index contributed by atoms with van der Waals surface area (Å²) in [5.74, 6) is -1.13. The number of nitrogens with one attached hydrogen (secondary N) is 2. The first-order chi connectivity index (χ1) is 14.5. The molecular formula is C22H22FN5O2. The summed E-state index contributed by atoms with van der Waals surface area (Å²) < 4.78 is 13.7. The zero-order chi connectivity index (χ0) is 21.1. The van der Waals surface area contributed by atoms with Crippen LogP contribution in [0, 0.1) is 18.7 Å². The Kier molecular flexibility index (Phi) is 5.56. The Labute approximate surface area is 173 Å². The number of rotatable bonds is 4. The first-order valence-electron chi connectivity index (χ1n) is 9.83. The molecule has 154 valence electrons. The number of aromatic amines is 1. The molecule has 0 saturated carbocycles. The predicted octanol–water partition coefficient (Wildman–Crippen LogP) is 3.41. The third-order valence-electron chi connectivity index (χ3n) is 5.28. The number of amides is 2. The number of anilines is 1. The van der Waals surface area contributed by atoms with Gasteiger partial charge in [-0.05, 0) is 55.7 Å². The molecule has 8 heteroatoms. The standard InChI is InChI=1S/C22H22FN5O2/c1-14-6-7-17(10-18(14)23)25-21(29)16-5-3-9-28(13-16)22(30)20-11-19(26-27-20)15-4-2-8-24-12-15/h2,4,6-8,10-12,16H,3,5,9,13H2,1H3,(H,25,29)(H,26,27). The van der Waals surface area contributed by atoms with Crippen LogP contribution >= 0.6 is 0 Å². The summed E-state index contributed by atoms with van der Waals surface area (Å²) in [7, 11) is 0. The normalized spacial score (nSPS) is 16.3. The number of carbonyl (C=O) groups excluding carboxylic acids is 2. The molecule has 7 nitrogen and oxygen atoms in total. The number of pyridine rings is 1. The molecule has 0 aliphatic carbocycles. The topological polar surface area (TPSA) is 91.0 Å². The molecule has 4 rings (SSSR count). The molecule has 0 bridgehead atoms. The van der Waals surface area contributed by atoms with Gasteiger partial charge in [-0.2, -0.15) is 5.10 Å². The van der Waals surface area contributed by atoms with Gasteiger partial charge in [-0.1, -0.05) is 6.07 Å². The summed E-state index contributed by atoms with van der Waals surface area (Å²) in [6.45, 7) is 2.55. The third kappa shape index (κ3) is 4.22. The Morgan fingerprint density at radius 1 is 1.27 bits per heavy atom. The largest absolute Gasteiger partial charge is 0.337 e. The van der Waals surface area contributed by atoms with Crippen molar-refractivity contribution in [3.63, 3.8) is 0 Å². The minimum atomic E-state index is -0.364. The number of aryl methyl sites for hydroxylation is 1. The van der Waals surface area contributed by atoms with Gasteiger partial charge in [-0.15, -0.1) is 0 Å². The summed E-state index contributed by atoms with van der Waals surface area (Å²) in [6.07, 6.45) is 4.75. The lowest BCUT2D eigenvalue weighted by Crippen LogP contribution is -2.43. The van der Waals surface area contributed by atoms with E-state index < -0.39 is 0 Å². The van der Waals surface area contributed by atoms with Crippen LogP contribution < -0.4 is 5.32 Å². The van der Waals surface area contributed by atoms with E-state index in [2.05, 4.69) is 20.5 Å². The Morgan fingerprint density at radius 3 is 2.90 bits per heavy atom. The average Bonchev–Trinajstić information content (AvgIpc) is 3.27. The molecule has 2 N–H and O–H groups in total. The molecule has 0 radical (unpaired) electrons. The molecule has 1 aliphatic heterocycles. The second-order valence-corrected chi connectivity index (χ2v) is 7.45. The molecule has 3 aromatic rings. The van der Waals surface area contributed by atoms with Crippen LogP contribution in [0.15, 0.2) is 48.8 Å².